The number of ketones is 2. The molecule has 0 atom stereocenters. The first kappa shape index (κ1) is 14.2. The van der Waals surface area contributed by atoms with E-state index in [0.29, 0.717) is 27.8 Å². The number of phenolic OH excluding ortho intramolecular Hbond substituents is 2. The van der Waals surface area contributed by atoms with Crippen LogP contribution in [0.1, 0.15) is 31.8 Å². The zero-order valence-corrected chi connectivity index (χ0v) is 12.5. The predicted molar refractivity (Wildman–Crippen MR) is 88.5 cm³/mol. The van der Waals surface area contributed by atoms with Crippen molar-refractivity contribution in [2.45, 2.75) is 0 Å². The molecule has 24 heavy (non-hydrogen) atoms. The van der Waals surface area contributed by atoms with Crippen LogP contribution in [0.25, 0.3) is 11.1 Å². The second-order valence-corrected chi connectivity index (χ2v) is 5.63. The monoisotopic (exact) mass is 316 g/mol. The van der Waals surface area contributed by atoms with Gasteiger partial charge in [-0.2, -0.15) is 0 Å². The Morgan fingerprint density at radius 3 is 1.92 bits per heavy atom. The molecule has 0 saturated carbocycles. The van der Waals surface area contributed by atoms with Gasteiger partial charge in [-0.05, 0) is 17.7 Å². The Bertz CT molecular complexity index is 1020. The minimum absolute atomic E-state index is 0.0752. The normalized spacial score (nSPS) is 12.7. The molecule has 0 radical (unpaired) electrons. The van der Waals surface area contributed by atoms with Crippen LogP contribution in [0.5, 0.6) is 11.5 Å². The first-order valence-electron chi connectivity index (χ1n) is 7.41. The molecule has 0 aliphatic heterocycles. The van der Waals surface area contributed by atoms with E-state index in [1.165, 1.54) is 18.2 Å². The van der Waals surface area contributed by atoms with E-state index in [9.17, 15) is 19.8 Å². The highest BCUT2D eigenvalue weighted by Crippen LogP contribution is 2.38. The quantitative estimate of drug-likeness (QED) is 0.563. The average molecular weight is 316 g/mol. The van der Waals surface area contributed by atoms with Crippen molar-refractivity contribution >= 4 is 11.6 Å². The zero-order chi connectivity index (χ0) is 16.8. The molecule has 1 aliphatic rings. The van der Waals surface area contributed by atoms with E-state index in [4.69, 9.17) is 0 Å². The number of fused-ring (bicyclic) bond motifs is 2. The zero-order valence-electron chi connectivity index (χ0n) is 12.5. The molecule has 0 unspecified atom stereocenters. The summed E-state index contributed by atoms with van der Waals surface area (Å²) in [5.41, 5.74) is 2.22. The summed E-state index contributed by atoms with van der Waals surface area (Å²) in [5, 5.41) is 19.6. The molecular formula is C20H12O4. The van der Waals surface area contributed by atoms with Crippen LogP contribution in [0.4, 0.5) is 0 Å². The van der Waals surface area contributed by atoms with Gasteiger partial charge in [0.2, 0.25) is 0 Å². The van der Waals surface area contributed by atoms with E-state index < -0.39 is 0 Å². The maximum atomic E-state index is 12.9. The molecule has 3 aromatic carbocycles. The largest absolute Gasteiger partial charge is 0.508 e. The van der Waals surface area contributed by atoms with Crippen molar-refractivity contribution in [1.29, 1.82) is 0 Å². The highest BCUT2D eigenvalue weighted by Gasteiger charge is 2.31. The Morgan fingerprint density at radius 1 is 0.583 bits per heavy atom. The summed E-state index contributed by atoms with van der Waals surface area (Å²) in [6.07, 6.45) is 0. The minimum Gasteiger partial charge on any atom is -0.508 e. The number of aromatic hydroxyl groups is 2. The Morgan fingerprint density at radius 2 is 1.21 bits per heavy atom. The summed E-state index contributed by atoms with van der Waals surface area (Å²) in [4.78, 5) is 25.7. The van der Waals surface area contributed by atoms with E-state index in [2.05, 4.69) is 0 Å². The van der Waals surface area contributed by atoms with E-state index in [1.54, 1.807) is 42.5 Å². The predicted octanol–water partition coefficient (Wildman–Crippen LogP) is 3.54. The molecular weight excluding hydrogens is 304 g/mol. The third kappa shape index (κ3) is 1.93. The first-order chi connectivity index (χ1) is 11.6. The summed E-state index contributed by atoms with van der Waals surface area (Å²) < 4.78 is 0. The van der Waals surface area contributed by atoms with Crippen LogP contribution in [0, 0.1) is 0 Å². The molecule has 0 spiro atoms. The number of hydrogen-bond donors (Lipinski definition) is 2. The molecule has 1 aliphatic carbocycles. The van der Waals surface area contributed by atoms with Crippen molar-refractivity contribution in [1.82, 2.24) is 0 Å². The summed E-state index contributed by atoms with van der Waals surface area (Å²) >= 11 is 0. The van der Waals surface area contributed by atoms with Gasteiger partial charge in [-0.15, -0.1) is 0 Å². The third-order valence-electron chi connectivity index (χ3n) is 4.22. The molecule has 2 N–H and O–H groups in total. The maximum Gasteiger partial charge on any atom is 0.195 e. The van der Waals surface area contributed by atoms with Gasteiger partial charge in [-0.25, -0.2) is 0 Å². The molecule has 4 rings (SSSR count). The standard InChI is InChI=1S/C20H12O4/c21-11-8-9-12(17(22)10-11)13-6-3-7-16-18(13)20(24)15-5-2-1-4-14(15)19(16)23/h1-10,21-22H. The number of benzene rings is 3. The van der Waals surface area contributed by atoms with Crippen molar-refractivity contribution in [2.75, 3.05) is 0 Å². The van der Waals surface area contributed by atoms with Crippen LogP contribution in [0.3, 0.4) is 0 Å². The molecule has 0 heterocycles. The van der Waals surface area contributed by atoms with Crippen molar-refractivity contribution in [3.05, 3.63) is 82.9 Å². The fraction of sp³-hybridized carbons (Fsp3) is 0. The lowest BCUT2D eigenvalue weighted by molar-refractivity contribution is 0.0979. The van der Waals surface area contributed by atoms with Crippen LogP contribution in [-0.4, -0.2) is 21.8 Å². The van der Waals surface area contributed by atoms with Crippen LogP contribution in [0.15, 0.2) is 60.7 Å². The van der Waals surface area contributed by atoms with E-state index in [-0.39, 0.29) is 28.6 Å². The van der Waals surface area contributed by atoms with Crippen molar-refractivity contribution < 1.29 is 19.8 Å². The Labute approximate surface area is 137 Å². The number of phenols is 2. The molecule has 0 amide bonds. The molecule has 0 bridgehead atoms. The van der Waals surface area contributed by atoms with E-state index in [0.717, 1.165) is 0 Å². The SMILES string of the molecule is O=C1c2ccccc2C(=O)c2c1cccc2-c1ccc(O)cc1O. The number of carbonyl (C=O) groups excluding carboxylic acids is 2. The van der Waals surface area contributed by atoms with Gasteiger partial charge in [0, 0.05) is 33.9 Å². The van der Waals surface area contributed by atoms with E-state index in [1.807, 2.05) is 0 Å². The minimum atomic E-state index is -0.247. The van der Waals surface area contributed by atoms with Gasteiger partial charge in [-0.1, -0.05) is 42.5 Å². The molecule has 0 aromatic heterocycles. The van der Waals surface area contributed by atoms with Crippen LogP contribution in [0.2, 0.25) is 0 Å². The highest BCUT2D eigenvalue weighted by atomic mass is 16.3. The van der Waals surface area contributed by atoms with Gasteiger partial charge < -0.3 is 10.2 Å². The average Bonchev–Trinajstić information content (AvgIpc) is 2.59. The molecule has 0 fully saturated rings. The van der Waals surface area contributed by atoms with Crippen LogP contribution >= 0.6 is 0 Å². The van der Waals surface area contributed by atoms with Gasteiger partial charge in [0.1, 0.15) is 11.5 Å². The molecule has 4 heteroatoms. The summed E-state index contributed by atoms with van der Waals surface area (Å²) in [7, 11) is 0. The fourth-order valence-corrected chi connectivity index (χ4v) is 3.12. The van der Waals surface area contributed by atoms with Crippen LogP contribution < -0.4 is 0 Å². The van der Waals surface area contributed by atoms with E-state index >= 15 is 0 Å². The summed E-state index contributed by atoms with van der Waals surface area (Å²) in [6, 6.07) is 15.9. The maximum absolute atomic E-state index is 12.9. The van der Waals surface area contributed by atoms with Gasteiger partial charge in [-0.3, -0.25) is 9.59 Å². The molecule has 4 nitrogen and oxygen atoms in total. The summed E-state index contributed by atoms with van der Waals surface area (Å²) in [5.74, 6) is -0.681. The van der Waals surface area contributed by atoms with Crippen molar-refractivity contribution in [3.8, 4) is 22.6 Å². The third-order valence-corrected chi connectivity index (χ3v) is 4.22. The molecule has 116 valence electrons. The lowest BCUT2D eigenvalue weighted by Crippen LogP contribution is -2.21. The smallest absolute Gasteiger partial charge is 0.195 e. The fourth-order valence-electron chi connectivity index (χ4n) is 3.12. The van der Waals surface area contributed by atoms with Gasteiger partial charge in [0.05, 0.1) is 0 Å². The topological polar surface area (TPSA) is 74.6 Å². The molecule has 0 saturated heterocycles. The Kier molecular flexibility index (Phi) is 3.00. The Balaban J connectivity index is 2.01. The van der Waals surface area contributed by atoms with Crippen molar-refractivity contribution in [2.24, 2.45) is 0 Å². The number of hydrogen-bond acceptors (Lipinski definition) is 4. The van der Waals surface area contributed by atoms with Gasteiger partial charge in [0.25, 0.3) is 0 Å². The number of rotatable bonds is 1. The lowest BCUT2D eigenvalue weighted by atomic mass is 9.80. The first-order valence-corrected chi connectivity index (χ1v) is 7.41. The number of carbonyl (C=O) groups is 2. The second kappa shape index (κ2) is 5.06. The lowest BCUT2D eigenvalue weighted by Gasteiger charge is -2.20. The summed E-state index contributed by atoms with van der Waals surface area (Å²) in [6.45, 7) is 0. The molecule has 3 aromatic rings. The van der Waals surface area contributed by atoms with Crippen molar-refractivity contribution in [3.63, 3.8) is 0 Å². The van der Waals surface area contributed by atoms with Gasteiger partial charge in [0.15, 0.2) is 11.6 Å². The van der Waals surface area contributed by atoms with Crippen LogP contribution in [-0.2, 0) is 0 Å². The second-order valence-electron chi connectivity index (χ2n) is 5.63. The Hall–Kier alpha value is -3.40. The van der Waals surface area contributed by atoms with Gasteiger partial charge >= 0.3 is 0 Å². The highest BCUT2D eigenvalue weighted by molar-refractivity contribution is 6.30.